The summed E-state index contributed by atoms with van der Waals surface area (Å²) in [4.78, 5) is 29.7. The fraction of sp³-hybridized carbons (Fsp3) is 0.667. The van der Waals surface area contributed by atoms with Gasteiger partial charge < -0.3 is 18.6 Å². The SMILES string of the molecule is [C-]#[N+]CCOP(OC1C[C@H](n2cc(C#C)c(=O)[nH]c2=O)O[C@@H]1CC)N(C(C)C)C(C)C. The number of terminal acetylenes is 1. The van der Waals surface area contributed by atoms with Crippen LogP contribution in [0.25, 0.3) is 4.85 Å². The van der Waals surface area contributed by atoms with Gasteiger partial charge in [-0.1, -0.05) is 12.8 Å². The molecule has 2 heterocycles. The molecule has 170 valence electrons. The van der Waals surface area contributed by atoms with Gasteiger partial charge in [0.05, 0.1) is 12.2 Å². The molecule has 1 saturated heterocycles. The first-order valence-electron chi connectivity index (χ1n) is 10.4. The van der Waals surface area contributed by atoms with Gasteiger partial charge in [-0.2, -0.15) is 0 Å². The van der Waals surface area contributed by atoms with Crippen molar-refractivity contribution in [2.24, 2.45) is 0 Å². The second-order valence-electron chi connectivity index (χ2n) is 7.79. The number of aromatic amines is 1. The maximum Gasteiger partial charge on any atom is 0.330 e. The molecule has 10 heteroatoms. The van der Waals surface area contributed by atoms with Crippen molar-refractivity contribution in [2.45, 2.75) is 78.0 Å². The van der Waals surface area contributed by atoms with Gasteiger partial charge >= 0.3 is 5.69 Å². The summed E-state index contributed by atoms with van der Waals surface area (Å²) in [6.07, 6.45) is 6.62. The summed E-state index contributed by atoms with van der Waals surface area (Å²) < 4.78 is 22.0. The molecule has 1 aromatic heterocycles. The molecule has 0 saturated carbocycles. The molecule has 0 bridgehead atoms. The Kier molecular flexibility index (Phi) is 9.43. The molecule has 1 aliphatic rings. The first kappa shape index (κ1) is 25.3. The Bertz CT molecular complexity index is 921. The van der Waals surface area contributed by atoms with Gasteiger partial charge in [-0.15, -0.1) is 6.42 Å². The van der Waals surface area contributed by atoms with E-state index in [0.29, 0.717) is 12.8 Å². The maximum atomic E-state index is 12.3. The fourth-order valence-electron chi connectivity index (χ4n) is 3.55. The van der Waals surface area contributed by atoms with Crippen LogP contribution in [-0.4, -0.2) is 51.7 Å². The predicted molar refractivity (Wildman–Crippen MR) is 119 cm³/mol. The number of hydrogen-bond acceptors (Lipinski definition) is 6. The molecule has 0 aliphatic carbocycles. The molecule has 0 aromatic carbocycles. The zero-order valence-electron chi connectivity index (χ0n) is 18.7. The van der Waals surface area contributed by atoms with E-state index in [0.717, 1.165) is 0 Å². The smallest absolute Gasteiger partial charge is 0.330 e. The average molecular weight is 450 g/mol. The van der Waals surface area contributed by atoms with Crippen molar-refractivity contribution in [3.63, 3.8) is 0 Å². The third kappa shape index (κ3) is 6.26. The Labute approximate surface area is 184 Å². The predicted octanol–water partition coefficient (Wildman–Crippen LogP) is 2.88. The minimum atomic E-state index is -1.44. The Morgan fingerprint density at radius 3 is 2.65 bits per heavy atom. The van der Waals surface area contributed by atoms with E-state index in [1.807, 2.05) is 6.92 Å². The van der Waals surface area contributed by atoms with Crippen molar-refractivity contribution in [1.82, 2.24) is 14.2 Å². The standard InChI is InChI=1S/C21H31N4O5P/c1-8-16-13-24(21(27)23-20(16)26)19-12-18(17(9-2)29-19)30-31(28-11-10-22-7)25(14(3)4)15(5)6/h1,13-15,17-19H,9-12H2,2-6H3,(H,23,26,27)/t17-,18?,19-,31?/m1/s1. The molecule has 9 nitrogen and oxygen atoms in total. The first-order chi connectivity index (χ1) is 14.7. The number of hydrogen-bond donors (Lipinski definition) is 1. The van der Waals surface area contributed by atoms with E-state index < -0.39 is 26.0 Å². The molecule has 0 amide bonds. The van der Waals surface area contributed by atoms with Crippen LogP contribution in [0, 0.1) is 18.9 Å². The molecule has 4 atom stereocenters. The second-order valence-corrected chi connectivity index (χ2v) is 9.20. The summed E-state index contributed by atoms with van der Waals surface area (Å²) in [5, 5.41) is 0. The summed E-state index contributed by atoms with van der Waals surface area (Å²) in [6.45, 7) is 17.8. The van der Waals surface area contributed by atoms with Gasteiger partial charge in [-0.25, -0.2) is 16.0 Å². The van der Waals surface area contributed by atoms with E-state index in [2.05, 4.69) is 48.1 Å². The Balaban J connectivity index is 2.27. The second kappa shape index (κ2) is 11.6. The van der Waals surface area contributed by atoms with Gasteiger partial charge in [0.25, 0.3) is 14.1 Å². The lowest BCUT2D eigenvalue weighted by Gasteiger charge is -2.37. The highest BCUT2D eigenvalue weighted by Crippen LogP contribution is 2.50. The molecule has 1 fully saturated rings. The third-order valence-electron chi connectivity index (χ3n) is 4.89. The molecule has 1 aromatic rings. The number of nitrogens with one attached hydrogen (secondary N) is 1. The quantitative estimate of drug-likeness (QED) is 0.255. The van der Waals surface area contributed by atoms with Gasteiger partial charge in [0.1, 0.15) is 18.4 Å². The minimum absolute atomic E-state index is 0.0659. The largest absolute Gasteiger partial charge is 0.352 e. The van der Waals surface area contributed by atoms with Crippen LogP contribution >= 0.6 is 8.53 Å². The maximum absolute atomic E-state index is 12.3. The molecule has 0 radical (unpaired) electrons. The van der Waals surface area contributed by atoms with Crippen molar-refractivity contribution in [1.29, 1.82) is 0 Å². The molecule has 2 unspecified atom stereocenters. The zero-order valence-corrected chi connectivity index (χ0v) is 19.6. The first-order valence-corrected chi connectivity index (χ1v) is 11.5. The summed E-state index contributed by atoms with van der Waals surface area (Å²) in [5.41, 5.74) is -1.11. The van der Waals surface area contributed by atoms with Crippen molar-refractivity contribution in [3.8, 4) is 12.3 Å². The highest BCUT2D eigenvalue weighted by atomic mass is 31.2. The number of rotatable bonds is 10. The van der Waals surface area contributed by atoms with Crippen LogP contribution in [-0.2, 0) is 13.8 Å². The van der Waals surface area contributed by atoms with Gasteiger partial charge in [0.15, 0.2) is 0 Å². The number of nitrogens with zero attached hydrogens (tertiary/aromatic N) is 3. The van der Waals surface area contributed by atoms with Gasteiger partial charge in [-0.05, 0) is 34.1 Å². The van der Waals surface area contributed by atoms with Crippen LogP contribution in [0.3, 0.4) is 0 Å². The van der Waals surface area contributed by atoms with E-state index in [4.69, 9.17) is 26.8 Å². The topological polar surface area (TPSA) is 90.2 Å². The number of ether oxygens (including phenoxy) is 1. The normalized spacial score (nSPS) is 22.1. The summed E-state index contributed by atoms with van der Waals surface area (Å²) in [5.74, 6) is 2.29. The van der Waals surface area contributed by atoms with E-state index in [1.54, 1.807) is 0 Å². The van der Waals surface area contributed by atoms with Crippen molar-refractivity contribution in [2.75, 3.05) is 13.2 Å². The molecule has 1 N–H and O–H groups in total. The molecule has 2 rings (SSSR count). The molecule has 31 heavy (non-hydrogen) atoms. The Morgan fingerprint density at radius 1 is 1.42 bits per heavy atom. The zero-order chi connectivity index (χ0) is 23.1. The number of H-pyrrole nitrogens is 1. The lowest BCUT2D eigenvalue weighted by Crippen LogP contribution is -2.36. The minimum Gasteiger partial charge on any atom is -0.352 e. The monoisotopic (exact) mass is 450 g/mol. The van der Waals surface area contributed by atoms with Gasteiger partial charge in [0, 0.05) is 24.7 Å². The van der Waals surface area contributed by atoms with Crippen LogP contribution in [0.5, 0.6) is 0 Å². The lowest BCUT2D eigenvalue weighted by molar-refractivity contribution is -0.0201. The van der Waals surface area contributed by atoms with Crippen LogP contribution in [0.4, 0.5) is 0 Å². The van der Waals surface area contributed by atoms with Crippen LogP contribution in [0.1, 0.15) is 59.3 Å². The summed E-state index contributed by atoms with van der Waals surface area (Å²) in [6, 6.07) is 0.356. The van der Waals surface area contributed by atoms with E-state index in [9.17, 15) is 9.59 Å². The van der Waals surface area contributed by atoms with Crippen LogP contribution in [0.15, 0.2) is 15.8 Å². The van der Waals surface area contributed by atoms with E-state index in [1.165, 1.54) is 10.8 Å². The van der Waals surface area contributed by atoms with Gasteiger partial charge in [-0.3, -0.25) is 14.3 Å². The van der Waals surface area contributed by atoms with Crippen LogP contribution in [0.2, 0.25) is 0 Å². The molecule has 0 spiro atoms. The van der Waals surface area contributed by atoms with Gasteiger partial charge in [0.2, 0.25) is 6.54 Å². The van der Waals surface area contributed by atoms with Crippen molar-refractivity contribution < 1.29 is 13.8 Å². The Morgan fingerprint density at radius 2 is 2.10 bits per heavy atom. The molecular weight excluding hydrogens is 419 g/mol. The Hall–Kier alpha value is -2.00. The fourth-order valence-corrected chi connectivity index (χ4v) is 5.30. The molecule has 1 aliphatic heterocycles. The van der Waals surface area contributed by atoms with E-state index in [-0.39, 0.29) is 43.0 Å². The van der Waals surface area contributed by atoms with Crippen molar-refractivity contribution >= 4 is 8.53 Å². The highest BCUT2D eigenvalue weighted by molar-refractivity contribution is 7.44. The average Bonchev–Trinajstić information content (AvgIpc) is 3.10. The van der Waals surface area contributed by atoms with Crippen molar-refractivity contribution in [3.05, 3.63) is 44.0 Å². The van der Waals surface area contributed by atoms with E-state index >= 15 is 0 Å². The lowest BCUT2D eigenvalue weighted by atomic mass is 10.1. The third-order valence-corrected chi connectivity index (χ3v) is 7.05. The summed E-state index contributed by atoms with van der Waals surface area (Å²) in [7, 11) is -1.44. The van der Waals surface area contributed by atoms with Crippen LogP contribution < -0.4 is 11.2 Å². The molecular formula is C21H31N4O5P. The highest BCUT2D eigenvalue weighted by Gasteiger charge is 2.40. The number of aromatic nitrogens is 2. The summed E-state index contributed by atoms with van der Waals surface area (Å²) >= 11 is 0.